The fourth-order valence-electron chi connectivity index (χ4n) is 7.85. The number of carbonyl (C=O) groups is 3. The van der Waals surface area contributed by atoms with Gasteiger partial charge in [-0.15, -0.1) is 0 Å². The minimum atomic E-state index is -1.66. The number of aliphatic carboxylic acids is 1. The highest BCUT2D eigenvalue weighted by Crippen LogP contribution is 2.11. The molecule has 0 aromatic rings. The van der Waals surface area contributed by atoms with Crippen molar-refractivity contribution in [2.24, 2.45) is 0 Å². The van der Waals surface area contributed by atoms with Crippen LogP contribution in [0.5, 0.6) is 0 Å². The Morgan fingerprint density at radius 2 is 0.607 bits per heavy atom. The van der Waals surface area contributed by atoms with Crippen LogP contribution in [0.3, 0.4) is 0 Å². The number of allylic oxidation sites excluding steroid dienone is 38. The number of carboxylic acid groups (broad SMARTS) is 1. The van der Waals surface area contributed by atoms with Crippen molar-refractivity contribution in [2.45, 2.75) is 206 Å². The molecule has 0 aliphatic carbocycles. The van der Waals surface area contributed by atoms with Crippen LogP contribution in [0.25, 0.3) is 0 Å². The van der Waals surface area contributed by atoms with E-state index in [-0.39, 0.29) is 32.7 Å². The van der Waals surface area contributed by atoms with Gasteiger partial charge in [0, 0.05) is 12.8 Å². The molecule has 0 radical (unpaired) electrons. The van der Waals surface area contributed by atoms with Gasteiger partial charge in [0.25, 0.3) is 0 Å². The lowest BCUT2D eigenvalue weighted by Crippen LogP contribution is -2.44. The summed E-state index contributed by atoms with van der Waals surface area (Å²) in [5.74, 6) is -2.42. The van der Waals surface area contributed by atoms with E-state index in [9.17, 15) is 19.5 Å². The number of esters is 2. The van der Waals surface area contributed by atoms with E-state index in [1.807, 2.05) is 21.1 Å². The van der Waals surface area contributed by atoms with E-state index in [2.05, 4.69) is 245 Å². The van der Waals surface area contributed by atoms with Gasteiger partial charge < -0.3 is 33.3 Å². The van der Waals surface area contributed by atoms with Gasteiger partial charge in [0.05, 0.1) is 40.3 Å². The number of hydrogen-bond acceptors (Lipinski definition) is 8. The normalized spacial score (nSPS) is 14.2. The zero-order valence-electron chi connectivity index (χ0n) is 55.9. The Kier molecular flexibility index (Phi) is 62.3. The molecular formula is C80H119NO8. The van der Waals surface area contributed by atoms with Gasteiger partial charge in [-0.2, -0.15) is 0 Å². The Morgan fingerprint density at radius 1 is 0.337 bits per heavy atom. The number of ether oxygens (including phenoxy) is 4. The number of carbonyl (C=O) groups excluding carboxylic acids is 3. The van der Waals surface area contributed by atoms with Gasteiger partial charge in [0.1, 0.15) is 13.2 Å². The summed E-state index contributed by atoms with van der Waals surface area (Å²) < 4.78 is 22.6. The molecule has 0 saturated heterocycles. The second-order valence-electron chi connectivity index (χ2n) is 22.3. The van der Waals surface area contributed by atoms with Gasteiger partial charge in [-0.3, -0.25) is 9.59 Å². The molecule has 9 heteroatoms. The van der Waals surface area contributed by atoms with Crippen LogP contribution in [0.15, 0.2) is 231 Å². The zero-order chi connectivity index (χ0) is 64.7. The van der Waals surface area contributed by atoms with Gasteiger partial charge >= 0.3 is 11.9 Å². The molecule has 0 heterocycles. The van der Waals surface area contributed by atoms with Crippen molar-refractivity contribution in [1.29, 1.82) is 0 Å². The Hall–Kier alpha value is -6.65. The first kappa shape index (κ1) is 82.4. The molecule has 0 rings (SSSR count). The minimum absolute atomic E-state index is 0.119. The van der Waals surface area contributed by atoms with Crippen molar-refractivity contribution in [2.75, 3.05) is 47.5 Å². The summed E-state index contributed by atoms with van der Waals surface area (Å²) in [6, 6.07) is 0. The molecule has 2 atom stereocenters. The van der Waals surface area contributed by atoms with E-state index in [1.165, 1.54) is 0 Å². The van der Waals surface area contributed by atoms with Crippen molar-refractivity contribution in [3.05, 3.63) is 231 Å². The van der Waals surface area contributed by atoms with Crippen LogP contribution < -0.4 is 5.11 Å². The third-order valence-electron chi connectivity index (χ3n) is 12.9. The predicted molar refractivity (Wildman–Crippen MR) is 379 cm³/mol. The average molecular weight is 1220 g/mol. The molecule has 9 nitrogen and oxygen atoms in total. The number of rotatable bonds is 58. The summed E-state index contributed by atoms with van der Waals surface area (Å²) in [5.41, 5.74) is 0. The fourth-order valence-corrected chi connectivity index (χ4v) is 7.85. The largest absolute Gasteiger partial charge is 0.545 e. The van der Waals surface area contributed by atoms with Crippen molar-refractivity contribution in [3.63, 3.8) is 0 Å². The van der Waals surface area contributed by atoms with E-state index in [4.69, 9.17) is 18.9 Å². The summed E-state index contributed by atoms with van der Waals surface area (Å²) >= 11 is 0. The van der Waals surface area contributed by atoms with Crippen molar-refractivity contribution in [1.82, 2.24) is 0 Å². The third-order valence-corrected chi connectivity index (χ3v) is 12.9. The highest BCUT2D eigenvalue weighted by atomic mass is 16.7. The SMILES string of the molecule is CC/C=C\C/C=C\C/C=C\C/C=C\C/C=C\C/C=C\C/C=C\C/C=C\C/C=C\C/C=C\C/C=C\CCCCCC(=O)OC(COC(=O)CCCC/C=C\C/C=C\C/C=C\C/C=C\C/C=C\C/C=C\C/C=C\C/C=C\CC)COC(OCC[N+](C)(C)C)C(=O)[O-]. The third kappa shape index (κ3) is 68.7. The molecule has 0 spiro atoms. The number of unbranched alkanes of at least 4 members (excludes halogenated alkanes) is 5. The van der Waals surface area contributed by atoms with E-state index in [0.29, 0.717) is 23.9 Å². The minimum Gasteiger partial charge on any atom is -0.545 e. The van der Waals surface area contributed by atoms with E-state index < -0.39 is 30.3 Å². The maximum atomic E-state index is 12.9. The molecule has 89 heavy (non-hydrogen) atoms. The molecule has 0 saturated carbocycles. The van der Waals surface area contributed by atoms with Crippen LogP contribution in [-0.4, -0.2) is 82.3 Å². The monoisotopic (exact) mass is 1220 g/mol. The van der Waals surface area contributed by atoms with Gasteiger partial charge in [-0.05, 0) is 161 Å². The van der Waals surface area contributed by atoms with Crippen LogP contribution in [0.4, 0.5) is 0 Å². The number of nitrogens with zero attached hydrogens (tertiary/aromatic N) is 1. The first-order chi connectivity index (χ1) is 43.6. The van der Waals surface area contributed by atoms with Crippen LogP contribution >= 0.6 is 0 Å². The van der Waals surface area contributed by atoms with Gasteiger partial charge in [0.2, 0.25) is 0 Å². The lowest BCUT2D eigenvalue weighted by Gasteiger charge is -2.26. The van der Waals surface area contributed by atoms with Crippen LogP contribution in [0.2, 0.25) is 0 Å². The molecule has 0 N–H and O–H groups in total. The Balaban J connectivity index is 4.40. The molecule has 0 fully saturated rings. The van der Waals surface area contributed by atoms with Gasteiger partial charge in [-0.25, -0.2) is 0 Å². The first-order valence-corrected chi connectivity index (χ1v) is 33.5. The quantitative estimate of drug-likeness (QED) is 0.0195. The molecule has 492 valence electrons. The molecular weight excluding hydrogens is 1100 g/mol. The van der Waals surface area contributed by atoms with E-state index in [0.717, 1.165) is 154 Å². The lowest BCUT2D eigenvalue weighted by molar-refractivity contribution is -0.870. The topological polar surface area (TPSA) is 111 Å². The number of likely N-dealkylation sites (N-methyl/N-ethyl adjacent to an activating group) is 1. The maximum Gasteiger partial charge on any atom is 0.306 e. The highest BCUT2D eigenvalue weighted by molar-refractivity contribution is 5.70. The molecule has 0 amide bonds. The molecule has 0 aromatic carbocycles. The maximum absolute atomic E-state index is 12.9. The Labute approximate surface area is 542 Å². The molecule has 0 aliphatic rings. The molecule has 0 aliphatic heterocycles. The first-order valence-electron chi connectivity index (χ1n) is 33.5. The van der Waals surface area contributed by atoms with Gasteiger partial charge in [-0.1, -0.05) is 251 Å². The lowest BCUT2D eigenvalue weighted by atomic mass is 10.1. The molecule has 2 unspecified atom stereocenters. The summed E-state index contributed by atoms with van der Waals surface area (Å²) in [6.45, 7) is 4.38. The Morgan fingerprint density at radius 3 is 0.899 bits per heavy atom. The average Bonchev–Trinajstić information content (AvgIpc) is 3.70. The van der Waals surface area contributed by atoms with Crippen LogP contribution in [0, 0.1) is 0 Å². The summed E-state index contributed by atoms with van der Waals surface area (Å²) in [4.78, 5) is 37.4. The second-order valence-corrected chi connectivity index (χ2v) is 22.3. The summed E-state index contributed by atoms with van der Waals surface area (Å²) in [7, 11) is 5.88. The second kappa shape index (κ2) is 67.3. The number of hydrogen-bond donors (Lipinski definition) is 0. The van der Waals surface area contributed by atoms with Crippen LogP contribution in [0.1, 0.15) is 194 Å². The highest BCUT2D eigenvalue weighted by Gasteiger charge is 2.22. The fraction of sp³-hybridized carbons (Fsp3) is 0.487. The molecule has 0 aromatic heterocycles. The van der Waals surface area contributed by atoms with Gasteiger partial charge in [0.15, 0.2) is 12.4 Å². The predicted octanol–water partition coefficient (Wildman–Crippen LogP) is 19.8. The standard InChI is InChI=1S/C80H119NO8/c1-6-8-10-12-14-16-18-20-22-24-26-28-30-32-34-35-36-37-38-39-40-41-42-43-45-47-49-51-53-55-57-59-61-63-65-67-69-71-78(83)89-76(75-88-80(79(84)85)86-73-72-81(3,4)5)74-87-77(82)70-68-66-64-62-60-58-56-54-52-50-48-46-44-33-31-29-27-25-23-21-19-17-15-13-11-9-7-2/h8-11,14-17,20-23,26-29,32-34,36-37,39-40,42-44,47-50,53-56,59-62,76,80H,6-7,12-13,18-19,24-25,30-31,35,38,41,45-46,51-52,57-58,63-75H2,1-5H3/b10-8-,11-9-,16-14-,17-15-,22-20-,23-21-,28-26-,29-27-,34-32-,37-36-,40-39-,43-42-,44-33-,49-47-,50-48-,55-53-,56-54-,61-59-,62-60-. The number of carboxylic acids is 1. The number of quaternary nitrogens is 1. The summed E-state index contributed by atoms with van der Waals surface area (Å²) in [6.07, 6.45) is 105. The molecule has 0 bridgehead atoms. The van der Waals surface area contributed by atoms with Crippen molar-refractivity contribution >= 4 is 17.9 Å². The van der Waals surface area contributed by atoms with E-state index >= 15 is 0 Å². The summed E-state index contributed by atoms with van der Waals surface area (Å²) in [5, 5.41) is 11.8. The van der Waals surface area contributed by atoms with Crippen LogP contribution in [-0.2, 0) is 33.3 Å². The zero-order valence-corrected chi connectivity index (χ0v) is 55.9. The van der Waals surface area contributed by atoms with Crippen molar-refractivity contribution in [3.8, 4) is 0 Å². The van der Waals surface area contributed by atoms with Crippen molar-refractivity contribution < 1.29 is 42.9 Å². The smallest absolute Gasteiger partial charge is 0.306 e. The van der Waals surface area contributed by atoms with E-state index in [1.54, 1.807) is 0 Å². The Bertz CT molecular complexity index is 2310.